The molecule has 0 unspecified atom stereocenters. The number of carboxylic acids is 1. The number of aliphatic carboxylic acids is 1. The maximum absolute atomic E-state index is 11.1. The van der Waals surface area contributed by atoms with Gasteiger partial charge in [0.1, 0.15) is 0 Å². The summed E-state index contributed by atoms with van der Waals surface area (Å²) in [5.41, 5.74) is -0.202. The molecule has 0 spiro atoms. The molecule has 1 saturated carbocycles. The van der Waals surface area contributed by atoms with Gasteiger partial charge in [-0.1, -0.05) is 24.4 Å². The second kappa shape index (κ2) is 6.35. The van der Waals surface area contributed by atoms with Gasteiger partial charge in [0.25, 0.3) is 0 Å². The molecular formula is C14H23N3O3. The Morgan fingerprint density at radius 1 is 1.35 bits per heavy atom. The van der Waals surface area contributed by atoms with Gasteiger partial charge in [-0.2, -0.15) is 4.98 Å². The fourth-order valence-electron chi connectivity index (χ4n) is 3.07. The molecule has 0 amide bonds. The largest absolute Gasteiger partial charge is 0.481 e. The first-order chi connectivity index (χ1) is 9.49. The van der Waals surface area contributed by atoms with Crippen LogP contribution in [-0.4, -0.2) is 40.2 Å². The molecule has 0 aromatic carbocycles. The molecule has 1 N–H and O–H groups in total. The van der Waals surface area contributed by atoms with E-state index < -0.39 is 5.97 Å². The zero-order valence-electron chi connectivity index (χ0n) is 12.3. The lowest BCUT2D eigenvalue weighted by atomic mass is 9.69. The van der Waals surface area contributed by atoms with Gasteiger partial charge < -0.3 is 14.5 Å². The molecule has 2 rings (SSSR count). The number of carbonyl (C=O) groups is 1. The van der Waals surface area contributed by atoms with Gasteiger partial charge in [-0.15, -0.1) is 0 Å². The van der Waals surface area contributed by atoms with Crippen molar-refractivity contribution in [1.82, 2.24) is 15.0 Å². The Balaban J connectivity index is 2.07. The van der Waals surface area contributed by atoms with E-state index in [0.717, 1.165) is 25.7 Å². The number of hydrogen-bond donors (Lipinski definition) is 1. The van der Waals surface area contributed by atoms with Crippen LogP contribution in [0.3, 0.4) is 0 Å². The predicted octanol–water partition coefficient (Wildman–Crippen LogP) is 2.10. The Morgan fingerprint density at radius 2 is 2.05 bits per heavy atom. The summed E-state index contributed by atoms with van der Waals surface area (Å²) >= 11 is 0. The van der Waals surface area contributed by atoms with E-state index in [4.69, 9.17) is 9.63 Å². The standard InChI is InChI=1S/C14H23N3O3/c1-17(2)10-11-15-12(20-16-11)8-14(9-13(18)19)6-4-3-5-7-14/h3-10H2,1-2H3,(H,18,19). The maximum atomic E-state index is 11.1. The van der Waals surface area contributed by atoms with Gasteiger partial charge in [0, 0.05) is 6.42 Å². The summed E-state index contributed by atoms with van der Waals surface area (Å²) in [6.45, 7) is 0.634. The van der Waals surface area contributed by atoms with Crippen LogP contribution in [0.25, 0.3) is 0 Å². The molecule has 1 fully saturated rings. The molecule has 0 aliphatic heterocycles. The minimum atomic E-state index is -0.736. The van der Waals surface area contributed by atoms with E-state index in [1.54, 1.807) is 0 Å². The van der Waals surface area contributed by atoms with Gasteiger partial charge in [0.2, 0.25) is 5.89 Å². The van der Waals surface area contributed by atoms with Crippen LogP contribution < -0.4 is 0 Å². The van der Waals surface area contributed by atoms with Crippen LogP contribution in [0.5, 0.6) is 0 Å². The van der Waals surface area contributed by atoms with Crippen LogP contribution in [0.2, 0.25) is 0 Å². The SMILES string of the molecule is CN(C)Cc1noc(CC2(CC(=O)O)CCCCC2)n1. The quantitative estimate of drug-likeness (QED) is 0.860. The lowest BCUT2D eigenvalue weighted by Crippen LogP contribution is -2.30. The second-order valence-corrected chi connectivity index (χ2v) is 6.15. The summed E-state index contributed by atoms with van der Waals surface area (Å²) in [5.74, 6) is 0.496. The summed E-state index contributed by atoms with van der Waals surface area (Å²) < 4.78 is 5.29. The van der Waals surface area contributed by atoms with E-state index in [0.29, 0.717) is 24.7 Å². The molecule has 1 heterocycles. The Bertz CT molecular complexity index is 450. The lowest BCUT2D eigenvalue weighted by molar-refractivity contribution is -0.140. The average Bonchev–Trinajstić information content (AvgIpc) is 2.75. The van der Waals surface area contributed by atoms with E-state index in [-0.39, 0.29) is 11.8 Å². The minimum Gasteiger partial charge on any atom is -0.481 e. The molecule has 6 nitrogen and oxygen atoms in total. The highest BCUT2D eigenvalue weighted by atomic mass is 16.5. The van der Waals surface area contributed by atoms with Crippen LogP contribution in [0.1, 0.15) is 50.2 Å². The van der Waals surface area contributed by atoms with E-state index >= 15 is 0 Å². The van der Waals surface area contributed by atoms with Crippen molar-refractivity contribution in [2.75, 3.05) is 14.1 Å². The number of aromatic nitrogens is 2. The average molecular weight is 281 g/mol. The fraction of sp³-hybridized carbons (Fsp3) is 0.786. The molecule has 20 heavy (non-hydrogen) atoms. The molecule has 1 aromatic heterocycles. The van der Waals surface area contributed by atoms with E-state index in [2.05, 4.69) is 10.1 Å². The Labute approximate surface area is 119 Å². The van der Waals surface area contributed by atoms with Gasteiger partial charge in [-0.3, -0.25) is 4.79 Å². The monoisotopic (exact) mass is 281 g/mol. The molecule has 1 aliphatic carbocycles. The highest BCUT2D eigenvalue weighted by molar-refractivity contribution is 5.67. The molecule has 1 aromatic rings. The van der Waals surface area contributed by atoms with Gasteiger partial charge in [0.15, 0.2) is 5.82 Å². The Morgan fingerprint density at radius 3 is 2.65 bits per heavy atom. The first-order valence-corrected chi connectivity index (χ1v) is 7.17. The molecule has 6 heteroatoms. The van der Waals surface area contributed by atoms with Crippen LogP contribution in [0, 0.1) is 5.41 Å². The zero-order valence-corrected chi connectivity index (χ0v) is 12.3. The van der Waals surface area contributed by atoms with Crippen molar-refractivity contribution >= 4 is 5.97 Å². The highest BCUT2D eigenvalue weighted by Gasteiger charge is 2.36. The number of hydrogen-bond acceptors (Lipinski definition) is 5. The van der Waals surface area contributed by atoms with Crippen LogP contribution in [-0.2, 0) is 17.8 Å². The van der Waals surface area contributed by atoms with Crippen molar-refractivity contribution in [2.24, 2.45) is 5.41 Å². The van der Waals surface area contributed by atoms with Crippen LogP contribution in [0.15, 0.2) is 4.52 Å². The van der Waals surface area contributed by atoms with Crippen molar-refractivity contribution in [2.45, 2.75) is 51.5 Å². The van der Waals surface area contributed by atoms with Gasteiger partial charge >= 0.3 is 5.97 Å². The second-order valence-electron chi connectivity index (χ2n) is 6.15. The van der Waals surface area contributed by atoms with Gasteiger partial charge in [0.05, 0.1) is 13.0 Å². The topological polar surface area (TPSA) is 79.5 Å². The summed E-state index contributed by atoms with van der Waals surface area (Å²) in [5, 5.41) is 13.1. The molecule has 0 bridgehead atoms. The smallest absolute Gasteiger partial charge is 0.303 e. The zero-order chi connectivity index (χ0) is 14.6. The highest BCUT2D eigenvalue weighted by Crippen LogP contribution is 2.41. The molecule has 0 atom stereocenters. The lowest BCUT2D eigenvalue weighted by Gasteiger charge is -2.34. The summed E-state index contributed by atoms with van der Waals surface area (Å²) in [4.78, 5) is 17.5. The number of carboxylic acid groups (broad SMARTS) is 1. The molecule has 112 valence electrons. The van der Waals surface area contributed by atoms with Gasteiger partial charge in [-0.25, -0.2) is 0 Å². The maximum Gasteiger partial charge on any atom is 0.303 e. The fourth-order valence-corrected chi connectivity index (χ4v) is 3.07. The predicted molar refractivity (Wildman–Crippen MR) is 73.2 cm³/mol. The molecular weight excluding hydrogens is 258 g/mol. The van der Waals surface area contributed by atoms with E-state index in [1.165, 1.54) is 6.42 Å². The Hall–Kier alpha value is -1.43. The van der Waals surface area contributed by atoms with Crippen molar-refractivity contribution in [3.05, 3.63) is 11.7 Å². The third kappa shape index (κ3) is 4.03. The third-order valence-corrected chi connectivity index (χ3v) is 3.93. The summed E-state index contributed by atoms with van der Waals surface area (Å²) in [7, 11) is 3.90. The minimum absolute atomic E-state index is 0.193. The summed E-state index contributed by atoms with van der Waals surface area (Å²) in [6, 6.07) is 0. The van der Waals surface area contributed by atoms with Crippen molar-refractivity contribution in [3.8, 4) is 0 Å². The van der Waals surface area contributed by atoms with Crippen LogP contribution in [0.4, 0.5) is 0 Å². The normalized spacial score (nSPS) is 18.4. The number of rotatable bonds is 6. The van der Waals surface area contributed by atoms with Crippen molar-refractivity contribution in [1.29, 1.82) is 0 Å². The van der Waals surface area contributed by atoms with Crippen molar-refractivity contribution < 1.29 is 14.4 Å². The van der Waals surface area contributed by atoms with Crippen LogP contribution >= 0.6 is 0 Å². The molecule has 1 aliphatic rings. The van der Waals surface area contributed by atoms with Gasteiger partial charge in [-0.05, 0) is 32.4 Å². The van der Waals surface area contributed by atoms with Crippen molar-refractivity contribution in [3.63, 3.8) is 0 Å². The van der Waals surface area contributed by atoms with E-state index in [1.807, 2.05) is 19.0 Å². The third-order valence-electron chi connectivity index (χ3n) is 3.93. The summed E-state index contributed by atoms with van der Waals surface area (Å²) in [6.07, 6.45) is 6.02. The number of nitrogens with zero attached hydrogens (tertiary/aromatic N) is 3. The molecule has 0 saturated heterocycles. The first kappa shape index (κ1) is 15.0. The van der Waals surface area contributed by atoms with E-state index in [9.17, 15) is 4.79 Å². The first-order valence-electron chi connectivity index (χ1n) is 7.17. The molecule has 0 radical (unpaired) electrons. The Kier molecular flexibility index (Phi) is 4.75.